The van der Waals surface area contributed by atoms with Crippen LogP contribution < -0.4 is 0 Å². The number of hydrogen-bond acceptors (Lipinski definition) is 2. The molecule has 11 aromatic rings. The Bertz CT molecular complexity index is 3440. The Morgan fingerprint density at radius 3 is 1.98 bits per heavy atom. The number of fused-ring (bicyclic) bond motifs is 9. The highest BCUT2D eigenvalue weighted by Crippen LogP contribution is 2.49. The minimum absolute atomic E-state index is 0.0397. The first-order chi connectivity index (χ1) is 29.0. The van der Waals surface area contributed by atoms with Gasteiger partial charge in [-0.2, -0.15) is 0 Å². The van der Waals surface area contributed by atoms with E-state index in [1.165, 1.54) is 66.1 Å². The summed E-state index contributed by atoms with van der Waals surface area (Å²) in [6.07, 6.45) is 2.18. The molecule has 0 spiro atoms. The lowest BCUT2D eigenvalue weighted by atomic mass is 9.81. The van der Waals surface area contributed by atoms with Gasteiger partial charge in [-0.3, -0.25) is 0 Å². The zero-order valence-corrected chi connectivity index (χ0v) is 32.8. The summed E-state index contributed by atoms with van der Waals surface area (Å²) in [5.74, 6) is 0.708. The predicted molar refractivity (Wildman–Crippen MR) is 245 cm³/mol. The first kappa shape index (κ1) is 33.6. The smallest absolute Gasteiger partial charge is 0.160 e. The van der Waals surface area contributed by atoms with E-state index in [9.17, 15) is 0 Å². The Hall–Kier alpha value is -7.56. The van der Waals surface area contributed by atoms with E-state index in [1.807, 2.05) is 0 Å². The van der Waals surface area contributed by atoms with Crippen LogP contribution in [0.2, 0.25) is 0 Å². The molecule has 0 saturated heterocycles. The van der Waals surface area contributed by atoms with Gasteiger partial charge in [-0.1, -0.05) is 135 Å². The normalized spacial score (nSPS) is 13.1. The van der Waals surface area contributed by atoms with Crippen LogP contribution in [0.25, 0.3) is 99.9 Å². The van der Waals surface area contributed by atoms with E-state index in [2.05, 4.69) is 217 Å². The number of aromatic nitrogens is 4. The van der Waals surface area contributed by atoms with Crippen molar-refractivity contribution in [2.45, 2.75) is 19.3 Å². The summed E-state index contributed by atoms with van der Waals surface area (Å²) in [6, 6.07) is 67.7. The van der Waals surface area contributed by atoms with Crippen molar-refractivity contribution in [1.82, 2.24) is 19.1 Å². The topological polar surface area (TPSA) is 35.6 Å². The molecule has 12 rings (SSSR count). The van der Waals surface area contributed by atoms with E-state index >= 15 is 0 Å². The van der Waals surface area contributed by atoms with Gasteiger partial charge < -0.3 is 9.13 Å². The van der Waals surface area contributed by atoms with Crippen LogP contribution in [0, 0.1) is 0 Å². The lowest BCUT2D eigenvalue weighted by molar-refractivity contribution is 0.660. The Balaban J connectivity index is 0.925. The zero-order valence-electron chi connectivity index (χ0n) is 32.8. The largest absolute Gasteiger partial charge is 0.316 e. The van der Waals surface area contributed by atoms with E-state index in [0.717, 1.165) is 39.1 Å². The van der Waals surface area contributed by atoms with E-state index in [-0.39, 0.29) is 5.41 Å². The van der Waals surface area contributed by atoms with Crippen molar-refractivity contribution in [3.8, 4) is 56.3 Å². The van der Waals surface area contributed by atoms with Crippen molar-refractivity contribution in [2.24, 2.45) is 0 Å². The Labute approximate surface area is 342 Å². The van der Waals surface area contributed by atoms with Gasteiger partial charge in [-0.25, -0.2) is 9.97 Å². The van der Waals surface area contributed by atoms with Gasteiger partial charge in [0.15, 0.2) is 5.82 Å². The summed E-state index contributed by atoms with van der Waals surface area (Å²) < 4.78 is 4.69. The van der Waals surface area contributed by atoms with Crippen LogP contribution in [0.4, 0.5) is 0 Å². The molecule has 0 aliphatic heterocycles. The van der Waals surface area contributed by atoms with Crippen LogP contribution in [0.3, 0.4) is 0 Å². The second-order valence-electron chi connectivity index (χ2n) is 16.2. The molecule has 59 heavy (non-hydrogen) atoms. The second-order valence-corrected chi connectivity index (χ2v) is 16.2. The number of hydrogen-bond donors (Lipinski definition) is 0. The molecule has 4 nitrogen and oxygen atoms in total. The highest BCUT2D eigenvalue weighted by molar-refractivity contribution is 6.20. The molecule has 8 aromatic carbocycles. The van der Waals surface area contributed by atoms with Gasteiger partial charge >= 0.3 is 0 Å². The summed E-state index contributed by atoms with van der Waals surface area (Å²) >= 11 is 0. The van der Waals surface area contributed by atoms with Crippen molar-refractivity contribution in [3.05, 3.63) is 205 Å². The minimum Gasteiger partial charge on any atom is -0.316 e. The maximum Gasteiger partial charge on any atom is 0.160 e. The highest BCUT2D eigenvalue weighted by atomic mass is 15.0. The van der Waals surface area contributed by atoms with E-state index in [0.29, 0.717) is 5.82 Å². The molecule has 0 radical (unpaired) electrons. The van der Waals surface area contributed by atoms with Crippen LogP contribution in [0.5, 0.6) is 0 Å². The Morgan fingerprint density at radius 1 is 0.458 bits per heavy atom. The monoisotopic (exact) mass is 754 g/mol. The molecule has 278 valence electrons. The average molecular weight is 755 g/mol. The van der Waals surface area contributed by atoms with Crippen molar-refractivity contribution >= 4 is 43.6 Å². The first-order valence-corrected chi connectivity index (χ1v) is 20.3. The summed E-state index contributed by atoms with van der Waals surface area (Å²) in [6.45, 7) is 4.67. The standard InChI is InChI=1S/C55H38N4/c1-55(2)46-17-9-6-14-42(46)43-30-26-39(34-47(43)55)35-20-22-36(23-21-35)52-44-15-7-10-18-48(44)56-54(57-52)38-24-28-41(29-25-38)59-49-19-11-8-16-45(49)51-50(59)31-27-37-32-33-58(53(37)51)40-12-4-3-5-13-40/h3-34H,1-2H3. The summed E-state index contributed by atoms with van der Waals surface area (Å²) in [7, 11) is 0. The number of para-hydroxylation sites is 3. The second kappa shape index (κ2) is 12.7. The molecule has 0 unspecified atom stereocenters. The summed E-state index contributed by atoms with van der Waals surface area (Å²) in [4.78, 5) is 10.4. The van der Waals surface area contributed by atoms with Crippen molar-refractivity contribution in [3.63, 3.8) is 0 Å². The molecular weight excluding hydrogens is 717 g/mol. The van der Waals surface area contributed by atoms with Crippen LogP contribution in [-0.4, -0.2) is 19.1 Å². The Morgan fingerprint density at radius 2 is 1.14 bits per heavy atom. The van der Waals surface area contributed by atoms with E-state index in [4.69, 9.17) is 9.97 Å². The van der Waals surface area contributed by atoms with Crippen molar-refractivity contribution in [2.75, 3.05) is 0 Å². The summed E-state index contributed by atoms with van der Waals surface area (Å²) in [5, 5.41) is 4.73. The number of nitrogens with zero attached hydrogens (tertiary/aromatic N) is 4. The fraction of sp³-hybridized carbons (Fsp3) is 0.0545. The SMILES string of the molecule is CC1(C)c2ccccc2-c2ccc(-c3ccc(-c4nc(-c5ccc(-n6c7ccccc7c7c8c(ccc76)ccn8-c6ccccc6)cc5)nc5ccccc45)cc3)cc21. The van der Waals surface area contributed by atoms with Gasteiger partial charge in [0.2, 0.25) is 0 Å². The molecule has 1 aliphatic carbocycles. The maximum atomic E-state index is 5.27. The lowest BCUT2D eigenvalue weighted by Crippen LogP contribution is -2.14. The molecule has 0 saturated carbocycles. The van der Waals surface area contributed by atoms with Crippen LogP contribution >= 0.6 is 0 Å². The third-order valence-electron chi connectivity index (χ3n) is 12.6. The maximum absolute atomic E-state index is 5.27. The molecule has 0 amide bonds. The third-order valence-corrected chi connectivity index (χ3v) is 12.6. The molecule has 3 heterocycles. The molecule has 0 fully saturated rings. The molecule has 3 aromatic heterocycles. The van der Waals surface area contributed by atoms with Gasteiger partial charge in [-0.05, 0) is 100 Å². The molecular formula is C55H38N4. The zero-order chi connectivity index (χ0) is 39.2. The van der Waals surface area contributed by atoms with Gasteiger partial charge in [0.1, 0.15) is 0 Å². The number of benzene rings is 8. The van der Waals surface area contributed by atoms with E-state index < -0.39 is 0 Å². The lowest BCUT2D eigenvalue weighted by Gasteiger charge is -2.22. The van der Waals surface area contributed by atoms with Crippen LogP contribution in [0.15, 0.2) is 194 Å². The van der Waals surface area contributed by atoms with Crippen molar-refractivity contribution in [1.29, 1.82) is 0 Å². The quantitative estimate of drug-likeness (QED) is 0.175. The van der Waals surface area contributed by atoms with Gasteiger partial charge in [-0.15, -0.1) is 0 Å². The van der Waals surface area contributed by atoms with Gasteiger partial charge in [0, 0.05) is 55.7 Å². The first-order valence-electron chi connectivity index (χ1n) is 20.3. The average Bonchev–Trinajstić information content (AvgIpc) is 3.95. The van der Waals surface area contributed by atoms with Gasteiger partial charge in [0.05, 0.1) is 27.8 Å². The highest BCUT2D eigenvalue weighted by Gasteiger charge is 2.35. The fourth-order valence-corrected chi connectivity index (χ4v) is 9.65. The molecule has 0 N–H and O–H groups in total. The van der Waals surface area contributed by atoms with Gasteiger partial charge in [0.25, 0.3) is 0 Å². The van der Waals surface area contributed by atoms with Crippen LogP contribution in [0.1, 0.15) is 25.0 Å². The molecule has 1 aliphatic rings. The Kier molecular flexibility index (Phi) is 7.24. The van der Waals surface area contributed by atoms with E-state index in [1.54, 1.807) is 0 Å². The van der Waals surface area contributed by atoms with Crippen LogP contribution in [-0.2, 0) is 5.41 Å². The fourth-order valence-electron chi connectivity index (χ4n) is 9.65. The summed E-state index contributed by atoms with van der Waals surface area (Å²) in [5.41, 5.74) is 17.5. The van der Waals surface area contributed by atoms with Crippen molar-refractivity contribution < 1.29 is 0 Å². The molecule has 4 heteroatoms. The number of rotatable bonds is 5. The molecule has 0 atom stereocenters. The molecule has 0 bridgehead atoms. The predicted octanol–water partition coefficient (Wildman–Crippen LogP) is 14.0. The third kappa shape index (κ3) is 5.09. The minimum atomic E-state index is -0.0397.